The van der Waals surface area contributed by atoms with Crippen molar-refractivity contribution in [3.8, 4) is 5.75 Å². The quantitative estimate of drug-likeness (QED) is 0.803. The second-order valence-electron chi connectivity index (χ2n) is 3.90. The van der Waals surface area contributed by atoms with Gasteiger partial charge in [0.2, 0.25) is 10.0 Å². The van der Waals surface area contributed by atoms with Crippen molar-refractivity contribution in [3.63, 3.8) is 0 Å². The van der Waals surface area contributed by atoms with Crippen LogP contribution in [-0.4, -0.2) is 18.5 Å². The number of sulfonamides is 1. The van der Waals surface area contributed by atoms with E-state index in [1.54, 1.807) is 18.2 Å². The zero-order valence-electron chi connectivity index (χ0n) is 10.0. The van der Waals surface area contributed by atoms with Crippen LogP contribution >= 0.6 is 27.5 Å². The highest BCUT2D eigenvalue weighted by Crippen LogP contribution is 2.23. The first-order valence-corrected chi connectivity index (χ1v) is 8.13. The molecule has 0 unspecified atom stereocenters. The molecule has 0 aliphatic rings. The summed E-state index contributed by atoms with van der Waals surface area (Å²) < 4.78 is 27.2. The Balaban J connectivity index is 2.24. The number of nitrogens with zero attached hydrogens (tertiary/aromatic N) is 1. The molecule has 0 atom stereocenters. The maximum Gasteiger partial charge on any atom is 0.243 e. The SMILES string of the molecule is O=S(=O)(NCc1ccccc1O)c1cc(Br)cnc1Cl. The summed E-state index contributed by atoms with van der Waals surface area (Å²) in [6.45, 7) is -0.0438. The summed E-state index contributed by atoms with van der Waals surface area (Å²) in [5.41, 5.74) is 0.468. The number of phenols is 1. The molecule has 0 spiro atoms. The van der Waals surface area contributed by atoms with Gasteiger partial charge in [0.1, 0.15) is 15.8 Å². The minimum Gasteiger partial charge on any atom is -0.508 e. The maximum atomic E-state index is 12.2. The second-order valence-corrected chi connectivity index (χ2v) is 6.90. The van der Waals surface area contributed by atoms with Gasteiger partial charge in [-0.05, 0) is 28.1 Å². The highest BCUT2D eigenvalue weighted by Gasteiger charge is 2.19. The molecule has 1 aromatic carbocycles. The lowest BCUT2D eigenvalue weighted by Gasteiger charge is -2.09. The minimum atomic E-state index is -3.81. The van der Waals surface area contributed by atoms with E-state index in [1.165, 1.54) is 18.3 Å². The molecule has 106 valence electrons. The second kappa shape index (κ2) is 6.09. The molecule has 0 aliphatic heterocycles. The van der Waals surface area contributed by atoms with Crippen molar-refractivity contribution in [1.82, 2.24) is 9.71 Å². The average Bonchev–Trinajstić information content (AvgIpc) is 2.40. The van der Waals surface area contributed by atoms with Crippen LogP contribution in [0.25, 0.3) is 0 Å². The summed E-state index contributed by atoms with van der Waals surface area (Å²) in [5, 5.41) is 9.48. The predicted octanol–water partition coefficient (Wildman–Crippen LogP) is 2.68. The molecule has 2 N–H and O–H groups in total. The van der Waals surface area contributed by atoms with E-state index in [0.29, 0.717) is 10.0 Å². The third kappa shape index (κ3) is 3.49. The average molecular weight is 378 g/mol. The van der Waals surface area contributed by atoms with Gasteiger partial charge >= 0.3 is 0 Å². The van der Waals surface area contributed by atoms with Gasteiger partial charge in [0.05, 0.1) is 0 Å². The number of hydrogen-bond acceptors (Lipinski definition) is 4. The van der Waals surface area contributed by atoms with E-state index in [9.17, 15) is 13.5 Å². The highest BCUT2D eigenvalue weighted by molar-refractivity contribution is 9.10. The summed E-state index contributed by atoms with van der Waals surface area (Å²) in [6.07, 6.45) is 1.41. The van der Waals surface area contributed by atoms with E-state index < -0.39 is 10.0 Å². The number of benzene rings is 1. The van der Waals surface area contributed by atoms with Crippen LogP contribution in [0.3, 0.4) is 0 Å². The van der Waals surface area contributed by atoms with Crippen LogP contribution in [0.2, 0.25) is 5.15 Å². The number of halogens is 2. The van der Waals surface area contributed by atoms with Crippen LogP contribution in [-0.2, 0) is 16.6 Å². The Labute approximate surface area is 129 Å². The van der Waals surface area contributed by atoms with Crippen LogP contribution < -0.4 is 4.72 Å². The molecule has 0 bridgehead atoms. The highest BCUT2D eigenvalue weighted by atomic mass is 79.9. The number of aromatic nitrogens is 1. The van der Waals surface area contributed by atoms with Crippen LogP contribution in [0.15, 0.2) is 45.9 Å². The number of hydrogen-bond donors (Lipinski definition) is 2. The molecule has 0 saturated carbocycles. The fourth-order valence-electron chi connectivity index (χ4n) is 1.50. The molecule has 0 amide bonds. The molecule has 0 fully saturated rings. The lowest BCUT2D eigenvalue weighted by Crippen LogP contribution is -2.23. The standard InChI is InChI=1S/C12H10BrClN2O3S/c13-9-5-11(12(14)15-7-9)20(18,19)16-6-8-3-1-2-4-10(8)17/h1-5,7,16-17H,6H2. The van der Waals surface area contributed by atoms with Gasteiger partial charge < -0.3 is 5.11 Å². The molecule has 8 heteroatoms. The molecular weight excluding hydrogens is 368 g/mol. The van der Waals surface area contributed by atoms with Crippen molar-refractivity contribution in [2.45, 2.75) is 11.4 Å². The van der Waals surface area contributed by atoms with Crippen molar-refractivity contribution < 1.29 is 13.5 Å². The maximum absolute atomic E-state index is 12.2. The number of aromatic hydroxyl groups is 1. The van der Waals surface area contributed by atoms with E-state index in [-0.39, 0.29) is 22.3 Å². The first-order chi connectivity index (χ1) is 9.40. The fraction of sp³-hybridized carbons (Fsp3) is 0.0833. The molecule has 0 aliphatic carbocycles. The van der Waals surface area contributed by atoms with Crippen molar-refractivity contribution in [3.05, 3.63) is 51.7 Å². The Morgan fingerprint density at radius 1 is 1.35 bits per heavy atom. The summed E-state index contributed by atoms with van der Waals surface area (Å²) in [6, 6.07) is 7.83. The monoisotopic (exact) mass is 376 g/mol. The zero-order valence-corrected chi connectivity index (χ0v) is 13.2. The number of nitrogens with one attached hydrogen (secondary N) is 1. The van der Waals surface area contributed by atoms with Gasteiger partial charge in [-0.1, -0.05) is 29.8 Å². The van der Waals surface area contributed by atoms with Gasteiger partial charge in [-0.3, -0.25) is 0 Å². The van der Waals surface area contributed by atoms with Crippen LogP contribution in [0.5, 0.6) is 5.75 Å². The van der Waals surface area contributed by atoms with E-state index in [1.807, 2.05) is 0 Å². The van der Waals surface area contributed by atoms with Crippen LogP contribution in [0, 0.1) is 0 Å². The Kier molecular flexibility index (Phi) is 4.64. The van der Waals surface area contributed by atoms with Gasteiger partial charge in [-0.2, -0.15) is 0 Å². The Bertz CT molecular complexity index is 737. The van der Waals surface area contributed by atoms with E-state index in [4.69, 9.17) is 11.6 Å². The molecule has 0 saturated heterocycles. The van der Waals surface area contributed by atoms with Gasteiger partial charge in [-0.15, -0.1) is 0 Å². The van der Waals surface area contributed by atoms with Gasteiger partial charge in [0.25, 0.3) is 0 Å². The van der Waals surface area contributed by atoms with Crippen molar-refractivity contribution in [1.29, 1.82) is 0 Å². The van der Waals surface area contributed by atoms with Gasteiger partial charge in [0.15, 0.2) is 0 Å². The topological polar surface area (TPSA) is 79.3 Å². The summed E-state index contributed by atoms with van der Waals surface area (Å²) in [5.74, 6) is 0.0219. The normalized spacial score (nSPS) is 11.5. The molecule has 2 rings (SSSR count). The number of pyridine rings is 1. The fourth-order valence-corrected chi connectivity index (χ4v) is 3.45. The lowest BCUT2D eigenvalue weighted by atomic mass is 10.2. The Hall–Kier alpha value is -1.15. The first kappa shape index (κ1) is 15.2. The van der Waals surface area contributed by atoms with Gasteiger partial charge in [-0.25, -0.2) is 18.1 Å². The Morgan fingerprint density at radius 2 is 2.05 bits per heavy atom. The molecule has 5 nitrogen and oxygen atoms in total. The molecular formula is C12H10BrClN2O3S. The smallest absolute Gasteiger partial charge is 0.243 e. The van der Waals surface area contributed by atoms with E-state index >= 15 is 0 Å². The van der Waals surface area contributed by atoms with Crippen molar-refractivity contribution >= 4 is 37.6 Å². The summed E-state index contributed by atoms with van der Waals surface area (Å²) >= 11 is 8.94. The Morgan fingerprint density at radius 3 is 2.75 bits per heavy atom. The van der Waals surface area contributed by atoms with Crippen molar-refractivity contribution in [2.24, 2.45) is 0 Å². The van der Waals surface area contributed by atoms with E-state index in [0.717, 1.165) is 0 Å². The molecule has 20 heavy (non-hydrogen) atoms. The number of rotatable bonds is 4. The van der Waals surface area contributed by atoms with Gasteiger partial charge in [0, 0.05) is 22.8 Å². The number of para-hydroxylation sites is 1. The van der Waals surface area contributed by atoms with Crippen LogP contribution in [0.1, 0.15) is 5.56 Å². The first-order valence-electron chi connectivity index (χ1n) is 5.48. The van der Waals surface area contributed by atoms with E-state index in [2.05, 4.69) is 25.6 Å². The summed E-state index contributed by atoms with van der Waals surface area (Å²) in [7, 11) is -3.81. The zero-order chi connectivity index (χ0) is 14.8. The third-order valence-corrected chi connectivity index (χ3v) is 4.77. The van der Waals surface area contributed by atoms with Crippen molar-refractivity contribution in [2.75, 3.05) is 0 Å². The molecule has 0 radical (unpaired) electrons. The minimum absolute atomic E-state index is 0.0219. The molecule has 1 heterocycles. The number of phenolic OH excluding ortho intramolecular Hbond substituents is 1. The largest absolute Gasteiger partial charge is 0.508 e. The predicted molar refractivity (Wildman–Crippen MR) is 79.1 cm³/mol. The molecule has 2 aromatic rings. The molecule has 1 aromatic heterocycles. The van der Waals surface area contributed by atoms with Crippen LogP contribution in [0.4, 0.5) is 0 Å². The summed E-state index contributed by atoms with van der Waals surface area (Å²) in [4.78, 5) is 3.65. The lowest BCUT2D eigenvalue weighted by molar-refractivity contribution is 0.467. The third-order valence-electron chi connectivity index (χ3n) is 2.51.